The van der Waals surface area contributed by atoms with Crippen LogP contribution in [0.25, 0.3) is 33.4 Å². The number of hydrogen-bond acceptors (Lipinski definition) is 4. The SMILES string of the molecule is O=C(NCCN(C(=O)c1ccccc1-c1ccc(C(F)(F)F)cc1)C1CCN(CCCCC2(C(=O)NCC(F)(F)F)c3ccccc3-c3ccccc32)CC1)c1ccccc1-c1ccc(C(F)(F)F)cc1. The molecule has 6 aromatic rings. The van der Waals surface area contributed by atoms with Gasteiger partial charge in [0.2, 0.25) is 5.91 Å². The summed E-state index contributed by atoms with van der Waals surface area (Å²) in [6.07, 6.45) is -11.3. The Morgan fingerprint density at radius 1 is 0.563 bits per heavy atom. The highest BCUT2D eigenvalue weighted by Crippen LogP contribution is 2.52. The Morgan fingerprint density at radius 3 is 1.54 bits per heavy atom. The van der Waals surface area contributed by atoms with Gasteiger partial charge in [0.25, 0.3) is 11.8 Å². The van der Waals surface area contributed by atoms with Gasteiger partial charge in [0.05, 0.1) is 11.1 Å². The van der Waals surface area contributed by atoms with Crippen molar-refractivity contribution in [2.24, 2.45) is 0 Å². The van der Waals surface area contributed by atoms with Gasteiger partial charge in [0.1, 0.15) is 12.0 Å². The summed E-state index contributed by atoms with van der Waals surface area (Å²) in [6.45, 7) is 0.295. The summed E-state index contributed by atoms with van der Waals surface area (Å²) >= 11 is 0. The first-order valence-electron chi connectivity index (χ1n) is 23.2. The zero-order valence-electron chi connectivity index (χ0n) is 38.2. The lowest BCUT2D eigenvalue weighted by molar-refractivity contribution is -0.141. The van der Waals surface area contributed by atoms with Gasteiger partial charge in [-0.1, -0.05) is 116 Å². The second kappa shape index (κ2) is 20.8. The summed E-state index contributed by atoms with van der Waals surface area (Å²) in [6, 6.07) is 36.3. The number of carbonyl (C=O) groups excluding carboxylic acids is 3. The molecule has 1 aliphatic carbocycles. The van der Waals surface area contributed by atoms with Crippen LogP contribution in [0, 0.1) is 0 Å². The standard InChI is InChI=1S/C55H49F9N4O3/c56-53(57,58)35-66-51(71)52(47-17-7-5-13-43(47)44-14-6-8-18-48(44)52)29-9-10-31-67-32-27-40(28-33-67)68(50(70)46-16-4-2-12-42(46)37-21-25-39(26-22-37)55(62,63)64)34-30-65-49(69)45-15-3-1-11-41(45)36-19-23-38(24-20-36)54(59,60)61/h1-8,11-26,40H,9-10,27-35H2,(H,65,69)(H,66,71). The number of nitrogens with zero attached hydrogens (tertiary/aromatic N) is 2. The van der Waals surface area contributed by atoms with E-state index in [1.165, 1.54) is 24.3 Å². The maximum atomic E-state index is 14.8. The topological polar surface area (TPSA) is 81.8 Å². The second-order valence-corrected chi connectivity index (χ2v) is 17.8. The average Bonchev–Trinajstić information content (AvgIpc) is 3.65. The van der Waals surface area contributed by atoms with E-state index >= 15 is 0 Å². The van der Waals surface area contributed by atoms with Crippen LogP contribution in [0.4, 0.5) is 39.5 Å². The van der Waals surface area contributed by atoms with Gasteiger partial charge >= 0.3 is 18.5 Å². The van der Waals surface area contributed by atoms with Gasteiger partial charge in [-0.15, -0.1) is 0 Å². The number of alkyl halides is 9. The zero-order valence-corrected chi connectivity index (χ0v) is 38.2. The van der Waals surface area contributed by atoms with Gasteiger partial charge in [0.15, 0.2) is 0 Å². The van der Waals surface area contributed by atoms with E-state index in [9.17, 15) is 53.9 Å². The van der Waals surface area contributed by atoms with E-state index in [0.29, 0.717) is 78.7 Å². The lowest BCUT2D eigenvalue weighted by Crippen LogP contribution is -2.50. The molecule has 0 saturated carbocycles. The maximum Gasteiger partial charge on any atom is 0.416 e. The number of amides is 3. The van der Waals surface area contributed by atoms with Crippen LogP contribution in [0.2, 0.25) is 0 Å². The van der Waals surface area contributed by atoms with Crippen LogP contribution in [0.15, 0.2) is 146 Å². The quantitative estimate of drug-likeness (QED) is 0.0793. The van der Waals surface area contributed by atoms with Crippen LogP contribution < -0.4 is 10.6 Å². The fourth-order valence-electron chi connectivity index (χ4n) is 9.99. The Morgan fingerprint density at radius 2 is 1.03 bits per heavy atom. The molecule has 2 aliphatic rings. The molecule has 0 atom stereocenters. The normalized spacial score (nSPS) is 14.9. The van der Waals surface area contributed by atoms with Crippen molar-refractivity contribution < 1.29 is 53.9 Å². The van der Waals surface area contributed by atoms with E-state index in [0.717, 1.165) is 35.4 Å². The van der Waals surface area contributed by atoms with Crippen molar-refractivity contribution in [3.8, 4) is 33.4 Å². The third-order valence-electron chi connectivity index (χ3n) is 13.4. The summed E-state index contributed by atoms with van der Waals surface area (Å²) in [5, 5.41) is 5.05. The van der Waals surface area contributed by atoms with Gasteiger partial charge in [-0.3, -0.25) is 14.4 Å². The second-order valence-electron chi connectivity index (χ2n) is 17.8. The molecule has 1 heterocycles. The minimum absolute atomic E-state index is 0.0147. The molecule has 0 unspecified atom stereocenters. The Balaban J connectivity index is 0.973. The van der Waals surface area contributed by atoms with Crippen LogP contribution in [-0.4, -0.2) is 79.0 Å². The molecular weight excluding hydrogens is 936 g/mol. The molecule has 0 aromatic heterocycles. The van der Waals surface area contributed by atoms with Crippen molar-refractivity contribution in [1.82, 2.24) is 20.4 Å². The van der Waals surface area contributed by atoms with Crippen LogP contribution in [0.5, 0.6) is 0 Å². The van der Waals surface area contributed by atoms with Crippen molar-refractivity contribution in [3.05, 3.63) is 179 Å². The molecule has 0 spiro atoms. The van der Waals surface area contributed by atoms with Gasteiger partial charge in [0, 0.05) is 43.3 Å². The van der Waals surface area contributed by atoms with Gasteiger partial charge in [-0.2, -0.15) is 39.5 Å². The molecule has 370 valence electrons. The van der Waals surface area contributed by atoms with E-state index in [-0.39, 0.29) is 36.7 Å². The number of benzene rings is 6. The fourth-order valence-corrected chi connectivity index (χ4v) is 9.99. The monoisotopic (exact) mass is 984 g/mol. The first kappa shape index (κ1) is 50.4. The van der Waals surface area contributed by atoms with Crippen molar-refractivity contribution >= 4 is 17.7 Å². The molecule has 8 rings (SSSR count). The van der Waals surface area contributed by atoms with Gasteiger partial charge in [-0.05, 0) is 113 Å². The Kier molecular flexibility index (Phi) is 14.8. The molecule has 7 nitrogen and oxygen atoms in total. The number of likely N-dealkylation sites (tertiary alicyclic amines) is 1. The third kappa shape index (κ3) is 11.2. The van der Waals surface area contributed by atoms with E-state index < -0.39 is 59.3 Å². The van der Waals surface area contributed by atoms with Crippen molar-refractivity contribution in [2.45, 2.75) is 62.1 Å². The molecule has 0 bridgehead atoms. The maximum absolute atomic E-state index is 14.8. The molecule has 1 aliphatic heterocycles. The minimum atomic E-state index is -4.60. The molecule has 1 fully saturated rings. The summed E-state index contributed by atoms with van der Waals surface area (Å²) in [5.41, 5.74) is 1.99. The van der Waals surface area contributed by atoms with Crippen LogP contribution in [-0.2, 0) is 22.6 Å². The van der Waals surface area contributed by atoms with E-state index in [1.807, 2.05) is 24.3 Å². The lowest BCUT2D eigenvalue weighted by atomic mass is 9.73. The molecular formula is C55H49F9N4O3. The Hall–Kier alpha value is -6.94. The fraction of sp³-hybridized carbons (Fsp3) is 0.291. The highest BCUT2D eigenvalue weighted by Gasteiger charge is 2.49. The number of hydrogen-bond donors (Lipinski definition) is 2. The first-order valence-corrected chi connectivity index (χ1v) is 23.2. The van der Waals surface area contributed by atoms with Crippen molar-refractivity contribution in [1.29, 1.82) is 0 Å². The number of rotatable bonds is 15. The predicted molar refractivity (Wildman–Crippen MR) is 252 cm³/mol. The summed E-state index contributed by atoms with van der Waals surface area (Å²) in [4.78, 5) is 46.4. The van der Waals surface area contributed by atoms with E-state index in [2.05, 4.69) is 15.5 Å². The highest BCUT2D eigenvalue weighted by molar-refractivity contribution is 6.03. The van der Waals surface area contributed by atoms with Gasteiger partial charge < -0.3 is 20.4 Å². The van der Waals surface area contributed by atoms with Crippen LogP contribution in [0.1, 0.15) is 75.1 Å². The van der Waals surface area contributed by atoms with Crippen LogP contribution in [0.3, 0.4) is 0 Å². The molecule has 6 aromatic carbocycles. The Bertz CT molecular complexity index is 2810. The highest BCUT2D eigenvalue weighted by atomic mass is 19.4. The van der Waals surface area contributed by atoms with E-state index in [4.69, 9.17) is 0 Å². The number of nitrogens with one attached hydrogen (secondary N) is 2. The zero-order chi connectivity index (χ0) is 50.6. The number of unbranched alkanes of at least 4 members (excludes halogenated alkanes) is 1. The smallest absolute Gasteiger partial charge is 0.350 e. The summed E-state index contributed by atoms with van der Waals surface area (Å²) in [5.74, 6) is -1.63. The Labute approximate surface area is 404 Å². The van der Waals surface area contributed by atoms with Crippen molar-refractivity contribution in [2.75, 3.05) is 39.3 Å². The number of fused-ring (bicyclic) bond motifs is 3. The summed E-state index contributed by atoms with van der Waals surface area (Å²) in [7, 11) is 0. The van der Waals surface area contributed by atoms with E-state index in [1.54, 1.807) is 77.7 Å². The third-order valence-corrected chi connectivity index (χ3v) is 13.4. The summed E-state index contributed by atoms with van der Waals surface area (Å²) < 4.78 is 121. The molecule has 3 amide bonds. The van der Waals surface area contributed by atoms with Gasteiger partial charge in [-0.25, -0.2) is 0 Å². The minimum Gasteiger partial charge on any atom is -0.350 e. The molecule has 16 heteroatoms. The first-order chi connectivity index (χ1) is 33.8. The predicted octanol–water partition coefficient (Wildman–Crippen LogP) is 12.2. The molecule has 71 heavy (non-hydrogen) atoms. The van der Waals surface area contributed by atoms with Crippen molar-refractivity contribution in [3.63, 3.8) is 0 Å². The molecule has 0 radical (unpaired) electrons. The average molecular weight is 985 g/mol. The van der Waals surface area contributed by atoms with Crippen LogP contribution >= 0.6 is 0 Å². The largest absolute Gasteiger partial charge is 0.416 e. The molecule has 1 saturated heterocycles. The number of carbonyl (C=O) groups is 3. The number of halogens is 9. The lowest BCUT2D eigenvalue weighted by Gasteiger charge is -2.39. The molecule has 2 N–H and O–H groups in total. The number of piperidine rings is 1.